The van der Waals surface area contributed by atoms with Crippen molar-refractivity contribution in [3.63, 3.8) is 0 Å². The number of carbonyl (C=O) groups excluding carboxylic acids is 1. The van der Waals surface area contributed by atoms with Crippen LogP contribution in [0.4, 0.5) is 5.69 Å². The van der Waals surface area contributed by atoms with Crippen LogP contribution in [0.5, 0.6) is 0 Å². The largest absolute Gasteiger partial charge is 0.399 e. The molecule has 114 valence electrons. The lowest BCUT2D eigenvalue weighted by Crippen LogP contribution is -2.33. The summed E-state index contributed by atoms with van der Waals surface area (Å²) >= 11 is 0. The van der Waals surface area contributed by atoms with Gasteiger partial charge < -0.3 is 16.0 Å². The van der Waals surface area contributed by atoms with Crippen LogP contribution in [0.1, 0.15) is 28.8 Å². The number of rotatable bonds is 4. The highest BCUT2D eigenvalue weighted by Gasteiger charge is 2.12. The molecule has 3 N–H and O–H groups in total. The Hall–Kier alpha value is -0.970. The van der Waals surface area contributed by atoms with Crippen LogP contribution in [0.25, 0.3) is 0 Å². The number of anilines is 1. The molecule has 0 aliphatic carbocycles. The Morgan fingerprint density at radius 3 is 2.60 bits per heavy atom. The van der Waals surface area contributed by atoms with E-state index in [1.165, 1.54) is 12.8 Å². The third-order valence-corrected chi connectivity index (χ3v) is 3.42. The molecule has 1 aliphatic heterocycles. The van der Waals surface area contributed by atoms with Crippen LogP contribution < -0.4 is 11.1 Å². The van der Waals surface area contributed by atoms with E-state index >= 15 is 0 Å². The molecular formula is C14H23Cl2N3O. The van der Waals surface area contributed by atoms with Crippen molar-refractivity contribution in [2.45, 2.75) is 19.8 Å². The summed E-state index contributed by atoms with van der Waals surface area (Å²) in [6.45, 7) is 5.88. The molecule has 1 heterocycles. The summed E-state index contributed by atoms with van der Waals surface area (Å²) in [6.07, 6.45) is 2.56. The predicted octanol–water partition coefficient (Wildman–Crippen LogP) is 2.25. The highest BCUT2D eigenvalue weighted by Crippen LogP contribution is 2.12. The molecule has 0 radical (unpaired) electrons. The topological polar surface area (TPSA) is 58.4 Å². The molecule has 0 bridgehead atoms. The van der Waals surface area contributed by atoms with Crippen molar-refractivity contribution in [3.05, 3.63) is 29.3 Å². The predicted molar refractivity (Wildman–Crippen MR) is 88.1 cm³/mol. The molecule has 2 rings (SSSR count). The maximum atomic E-state index is 12.0. The third-order valence-electron chi connectivity index (χ3n) is 3.42. The fraction of sp³-hybridized carbons (Fsp3) is 0.500. The van der Waals surface area contributed by atoms with E-state index in [4.69, 9.17) is 5.73 Å². The number of halogens is 2. The van der Waals surface area contributed by atoms with Crippen LogP contribution in [0.3, 0.4) is 0 Å². The zero-order chi connectivity index (χ0) is 13.0. The van der Waals surface area contributed by atoms with Gasteiger partial charge in [0.05, 0.1) is 0 Å². The van der Waals surface area contributed by atoms with Gasteiger partial charge in [0.25, 0.3) is 5.91 Å². The van der Waals surface area contributed by atoms with Gasteiger partial charge >= 0.3 is 0 Å². The van der Waals surface area contributed by atoms with Gasteiger partial charge in [0.15, 0.2) is 0 Å². The molecule has 1 aromatic rings. The van der Waals surface area contributed by atoms with Crippen LogP contribution in [-0.2, 0) is 0 Å². The van der Waals surface area contributed by atoms with Crippen LogP contribution >= 0.6 is 24.8 Å². The Morgan fingerprint density at radius 2 is 1.95 bits per heavy atom. The Morgan fingerprint density at radius 1 is 1.30 bits per heavy atom. The van der Waals surface area contributed by atoms with Gasteiger partial charge in [0.1, 0.15) is 0 Å². The van der Waals surface area contributed by atoms with Crippen molar-refractivity contribution < 1.29 is 4.79 Å². The Kier molecular flexibility index (Phi) is 8.62. The fourth-order valence-corrected chi connectivity index (χ4v) is 2.31. The van der Waals surface area contributed by atoms with E-state index in [2.05, 4.69) is 10.2 Å². The van der Waals surface area contributed by atoms with E-state index in [-0.39, 0.29) is 30.7 Å². The van der Waals surface area contributed by atoms with Crippen molar-refractivity contribution in [2.75, 3.05) is 31.9 Å². The number of hydrogen-bond acceptors (Lipinski definition) is 3. The number of aryl methyl sites for hydroxylation is 1. The number of amides is 1. The molecule has 1 fully saturated rings. The smallest absolute Gasteiger partial charge is 0.251 e. The minimum absolute atomic E-state index is 0. The molecule has 0 atom stereocenters. The zero-order valence-corrected chi connectivity index (χ0v) is 13.4. The van der Waals surface area contributed by atoms with Crippen molar-refractivity contribution >= 4 is 36.4 Å². The summed E-state index contributed by atoms with van der Waals surface area (Å²) in [4.78, 5) is 14.4. The first-order valence-electron chi connectivity index (χ1n) is 6.53. The van der Waals surface area contributed by atoms with Crippen molar-refractivity contribution in [1.82, 2.24) is 10.2 Å². The summed E-state index contributed by atoms with van der Waals surface area (Å²) in [6, 6.07) is 5.43. The highest BCUT2D eigenvalue weighted by atomic mass is 35.5. The molecule has 20 heavy (non-hydrogen) atoms. The third kappa shape index (κ3) is 5.19. The van der Waals surface area contributed by atoms with Gasteiger partial charge in [0, 0.05) is 24.3 Å². The lowest BCUT2D eigenvalue weighted by Gasteiger charge is -2.15. The van der Waals surface area contributed by atoms with E-state index in [9.17, 15) is 4.79 Å². The molecule has 0 spiro atoms. The van der Waals surface area contributed by atoms with Crippen molar-refractivity contribution in [3.8, 4) is 0 Å². The van der Waals surface area contributed by atoms with Crippen LogP contribution in [0.2, 0.25) is 0 Å². The minimum Gasteiger partial charge on any atom is -0.399 e. The first-order chi connectivity index (χ1) is 8.66. The average Bonchev–Trinajstić information content (AvgIpc) is 2.85. The molecule has 4 nitrogen and oxygen atoms in total. The zero-order valence-electron chi connectivity index (χ0n) is 11.7. The second kappa shape index (κ2) is 9.06. The number of nitrogens with one attached hydrogen (secondary N) is 1. The van der Waals surface area contributed by atoms with Gasteiger partial charge in [-0.15, -0.1) is 24.8 Å². The van der Waals surface area contributed by atoms with Gasteiger partial charge in [-0.2, -0.15) is 0 Å². The standard InChI is InChI=1S/C14H21N3O.2ClH/c1-11-4-5-12(15)10-13(11)14(18)16-6-9-17-7-2-3-8-17;;/h4-5,10H,2-3,6-9,15H2,1H3,(H,16,18);2*1H. The Labute approximate surface area is 132 Å². The Bertz CT molecular complexity index is 434. The second-order valence-corrected chi connectivity index (χ2v) is 4.88. The SMILES string of the molecule is Cc1ccc(N)cc1C(=O)NCCN1CCCC1.Cl.Cl. The minimum atomic E-state index is -0.0287. The number of nitrogen functional groups attached to an aromatic ring is 1. The summed E-state index contributed by atoms with van der Waals surface area (Å²) in [5.41, 5.74) is 7.97. The van der Waals surface area contributed by atoms with Gasteiger partial charge in [-0.1, -0.05) is 6.07 Å². The molecule has 1 aromatic carbocycles. The number of benzene rings is 1. The maximum absolute atomic E-state index is 12.0. The lowest BCUT2D eigenvalue weighted by molar-refractivity contribution is 0.0949. The molecule has 1 aliphatic rings. The quantitative estimate of drug-likeness (QED) is 0.837. The van der Waals surface area contributed by atoms with Crippen molar-refractivity contribution in [1.29, 1.82) is 0 Å². The van der Waals surface area contributed by atoms with E-state index in [1.54, 1.807) is 6.07 Å². The van der Waals surface area contributed by atoms with Crippen LogP contribution in [0.15, 0.2) is 18.2 Å². The molecule has 0 saturated carbocycles. The average molecular weight is 320 g/mol. The normalized spacial score (nSPS) is 14.2. The van der Waals surface area contributed by atoms with E-state index in [0.717, 1.165) is 25.2 Å². The number of nitrogens with zero attached hydrogens (tertiary/aromatic N) is 1. The molecule has 6 heteroatoms. The molecular weight excluding hydrogens is 297 g/mol. The maximum Gasteiger partial charge on any atom is 0.251 e. The fourth-order valence-electron chi connectivity index (χ4n) is 2.31. The number of hydrogen-bond donors (Lipinski definition) is 2. The molecule has 0 unspecified atom stereocenters. The van der Waals surface area contributed by atoms with Gasteiger partial charge in [0.2, 0.25) is 0 Å². The van der Waals surface area contributed by atoms with Gasteiger partial charge in [-0.05, 0) is 50.6 Å². The monoisotopic (exact) mass is 319 g/mol. The first-order valence-corrected chi connectivity index (χ1v) is 6.53. The summed E-state index contributed by atoms with van der Waals surface area (Å²) in [7, 11) is 0. The number of nitrogens with two attached hydrogens (primary N) is 1. The summed E-state index contributed by atoms with van der Waals surface area (Å²) in [5, 5.41) is 2.96. The molecule has 1 saturated heterocycles. The van der Waals surface area contributed by atoms with Crippen LogP contribution in [-0.4, -0.2) is 37.0 Å². The van der Waals surface area contributed by atoms with Gasteiger partial charge in [-0.25, -0.2) is 0 Å². The molecule has 0 aromatic heterocycles. The highest BCUT2D eigenvalue weighted by molar-refractivity contribution is 5.96. The van der Waals surface area contributed by atoms with Crippen LogP contribution in [0, 0.1) is 6.92 Å². The first kappa shape index (κ1) is 19.0. The summed E-state index contributed by atoms with van der Waals surface area (Å²) in [5.74, 6) is -0.0287. The van der Waals surface area contributed by atoms with E-state index in [1.807, 2.05) is 19.1 Å². The second-order valence-electron chi connectivity index (χ2n) is 4.88. The van der Waals surface area contributed by atoms with Gasteiger partial charge in [-0.3, -0.25) is 4.79 Å². The summed E-state index contributed by atoms with van der Waals surface area (Å²) < 4.78 is 0. The van der Waals surface area contributed by atoms with Crippen molar-refractivity contribution in [2.24, 2.45) is 0 Å². The van der Waals surface area contributed by atoms with E-state index in [0.29, 0.717) is 17.8 Å². The lowest BCUT2D eigenvalue weighted by atomic mass is 10.1. The molecule has 1 amide bonds. The van der Waals surface area contributed by atoms with E-state index < -0.39 is 0 Å². The number of likely N-dealkylation sites (tertiary alicyclic amines) is 1. The Balaban J connectivity index is 0.00000180. The number of carbonyl (C=O) groups is 1.